The number of aromatic amines is 1. The fourth-order valence-electron chi connectivity index (χ4n) is 3.51. The van der Waals surface area contributed by atoms with Crippen LogP contribution in [-0.2, 0) is 6.42 Å². The van der Waals surface area contributed by atoms with E-state index in [1.165, 1.54) is 5.57 Å². The first-order chi connectivity index (χ1) is 13.1. The second-order valence-electron chi connectivity index (χ2n) is 6.58. The summed E-state index contributed by atoms with van der Waals surface area (Å²) in [5.41, 5.74) is 2.82. The fraction of sp³-hybridized carbons (Fsp3) is 0.238. The molecular weight excluding hydrogens is 362 g/mol. The monoisotopic (exact) mass is 381 g/mol. The maximum atomic E-state index is 12.3. The highest BCUT2D eigenvalue weighted by Gasteiger charge is 2.18. The zero-order chi connectivity index (χ0) is 18.8. The van der Waals surface area contributed by atoms with Gasteiger partial charge in [0.2, 0.25) is 0 Å². The van der Waals surface area contributed by atoms with Crippen LogP contribution in [0.15, 0.2) is 53.3 Å². The highest BCUT2D eigenvalue weighted by atomic mass is 35.5. The number of fused-ring (bicyclic) bond motifs is 1. The number of ether oxygens (including phenoxy) is 1. The van der Waals surface area contributed by atoms with Gasteiger partial charge in [0.05, 0.1) is 18.0 Å². The minimum atomic E-state index is -0.142. The average molecular weight is 382 g/mol. The molecule has 6 heteroatoms. The maximum Gasteiger partial charge on any atom is 0.258 e. The lowest BCUT2D eigenvalue weighted by atomic mass is 9.95. The summed E-state index contributed by atoms with van der Waals surface area (Å²) in [6, 6.07) is 13.2. The molecule has 138 valence electrons. The smallest absolute Gasteiger partial charge is 0.258 e. The number of methoxy groups -OCH3 is 1. The van der Waals surface area contributed by atoms with Crippen molar-refractivity contribution in [1.82, 2.24) is 15.3 Å². The molecule has 1 aliphatic heterocycles. The van der Waals surface area contributed by atoms with Crippen LogP contribution in [0, 0.1) is 0 Å². The molecule has 0 saturated carbocycles. The third kappa shape index (κ3) is 3.75. The lowest BCUT2D eigenvalue weighted by Crippen LogP contribution is -2.34. The number of aromatic nitrogens is 2. The molecule has 0 bridgehead atoms. The number of nitrogens with one attached hydrogen (secondary N) is 2. The van der Waals surface area contributed by atoms with Crippen molar-refractivity contribution in [3.05, 3.63) is 75.3 Å². The first-order valence-electron chi connectivity index (χ1n) is 8.90. The molecule has 1 atom stereocenters. The van der Waals surface area contributed by atoms with Gasteiger partial charge in [0.1, 0.15) is 11.6 Å². The molecule has 0 spiro atoms. The van der Waals surface area contributed by atoms with Crippen molar-refractivity contribution >= 4 is 28.1 Å². The van der Waals surface area contributed by atoms with Gasteiger partial charge in [-0.25, -0.2) is 4.98 Å². The number of benzene rings is 2. The van der Waals surface area contributed by atoms with E-state index in [4.69, 9.17) is 16.3 Å². The molecule has 0 fully saturated rings. The Bertz CT molecular complexity index is 1070. The van der Waals surface area contributed by atoms with Crippen molar-refractivity contribution in [3.63, 3.8) is 0 Å². The predicted molar refractivity (Wildman–Crippen MR) is 108 cm³/mol. The van der Waals surface area contributed by atoms with Crippen LogP contribution in [0.4, 0.5) is 0 Å². The number of hydrogen-bond acceptors (Lipinski definition) is 4. The van der Waals surface area contributed by atoms with Gasteiger partial charge in [-0.15, -0.1) is 0 Å². The van der Waals surface area contributed by atoms with Gasteiger partial charge in [0.15, 0.2) is 0 Å². The van der Waals surface area contributed by atoms with E-state index in [1.54, 1.807) is 25.3 Å². The van der Waals surface area contributed by atoms with E-state index in [0.29, 0.717) is 28.2 Å². The van der Waals surface area contributed by atoms with Crippen LogP contribution < -0.4 is 15.6 Å². The molecular formula is C21H20ClN3O2. The number of H-pyrrole nitrogens is 1. The summed E-state index contributed by atoms with van der Waals surface area (Å²) in [6.07, 6.45) is 3.72. The van der Waals surface area contributed by atoms with E-state index in [1.807, 2.05) is 18.2 Å². The van der Waals surface area contributed by atoms with Gasteiger partial charge in [0, 0.05) is 23.0 Å². The van der Waals surface area contributed by atoms with Crippen molar-refractivity contribution < 1.29 is 4.74 Å². The quantitative estimate of drug-likeness (QED) is 0.725. The summed E-state index contributed by atoms with van der Waals surface area (Å²) >= 11 is 6.04. The van der Waals surface area contributed by atoms with Gasteiger partial charge < -0.3 is 15.0 Å². The lowest BCUT2D eigenvalue weighted by molar-refractivity contribution is 0.413. The van der Waals surface area contributed by atoms with Crippen molar-refractivity contribution in [2.24, 2.45) is 0 Å². The van der Waals surface area contributed by atoms with Gasteiger partial charge in [-0.05, 0) is 42.8 Å². The largest absolute Gasteiger partial charge is 0.496 e. The molecule has 0 aliphatic carbocycles. The molecule has 2 aromatic carbocycles. The Balaban J connectivity index is 1.64. The van der Waals surface area contributed by atoms with Gasteiger partial charge >= 0.3 is 0 Å². The number of hydrogen-bond donors (Lipinski definition) is 2. The van der Waals surface area contributed by atoms with Crippen molar-refractivity contribution in [2.45, 2.75) is 18.9 Å². The third-order valence-electron chi connectivity index (χ3n) is 4.79. The Morgan fingerprint density at radius 3 is 2.96 bits per heavy atom. The van der Waals surface area contributed by atoms with Crippen LogP contribution in [0.1, 0.15) is 17.8 Å². The fourth-order valence-corrected chi connectivity index (χ4v) is 3.68. The van der Waals surface area contributed by atoms with Crippen molar-refractivity contribution in [3.8, 4) is 5.75 Å². The summed E-state index contributed by atoms with van der Waals surface area (Å²) in [5, 5.41) is 4.59. The van der Waals surface area contributed by atoms with Crippen molar-refractivity contribution in [2.75, 3.05) is 13.7 Å². The molecule has 0 saturated heterocycles. The molecule has 3 aromatic rings. The molecule has 5 nitrogen and oxygen atoms in total. The Morgan fingerprint density at radius 1 is 1.26 bits per heavy atom. The zero-order valence-electron chi connectivity index (χ0n) is 15.0. The van der Waals surface area contributed by atoms with E-state index in [0.717, 1.165) is 24.3 Å². The number of nitrogens with zero attached hydrogens (tertiary/aromatic N) is 1. The molecule has 1 aromatic heterocycles. The Labute approximate surface area is 162 Å². The van der Waals surface area contributed by atoms with Crippen LogP contribution in [0.2, 0.25) is 5.02 Å². The number of halogens is 1. The second-order valence-corrected chi connectivity index (χ2v) is 7.02. The predicted octanol–water partition coefficient (Wildman–Crippen LogP) is 3.57. The SMILES string of the molecule is COc1ccccc1C1=CC(Cc2nc3cc(Cl)ccc3c(=O)[nH]2)NCC1. The standard InChI is InChI=1S/C21H20ClN3O2/c1-27-19-5-3-2-4-16(19)13-8-9-23-15(10-13)12-20-24-18-11-14(22)6-7-17(18)21(26)25-20/h2-7,10-11,15,23H,8-9,12H2,1H3,(H,24,25,26). The van der Waals surface area contributed by atoms with Crippen LogP contribution in [0.5, 0.6) is 5.75 Å². The van der Waals surface area contributed by atoms with Gasteiger partial charge in [0.25, 0.3) is 5.56 Å². The van der Waals surface area contributed by atoms with Gasteiger partial charge in [-0.2, -0.15) is 0 Å². The molecule has 4 rings (SSSR count). The topological polar surface area (TPSA) is 67.0 Å². The highest BCUT2D eigenvalue weighted by molar-refractivity contribution is 6.31. The van der Waals surface area contributed by atoms with Crippen LogP contribution in [0.25, 0.3) is 16.5 Å². The minimum absolute atomic E-state index is 0.0819. The van der Waals surface area contributed by atoms with E-state index in [2.05, 4.69) is 27.4 Å². The molecule has 0 radical (unpaired) electrons. The van der Waals surface area contributed by atoms with E-state index >= 15 is 0 Å². The number of rotatable bonds is 4. The van der Waals surface area contributed by atoms with Gasteiger partial charge in [-0.3, -0.25) is 4.79 Å². The van der Waals surface area contributed by atoms with Crippen LogP contribution >= 0.6 is 11.6 Å². The Hall–Kier alpha value is -2.63. The van der Waals surface area contributed by atoms with Gasteiger partial charge in [-0.1, -0.05) is 35.9 Å². The van der Waals surface area contributed by atoms with Crippen LogP contribution in [-0.4, -0.2) is 29.7 Å². The maximum absolute atomic E-state index is 12.3. The molecule has 2 N–H and O–H groups in total. The Morgan fingerprint density at radius 2 is 2.11 bits per heavy atom. The molecule has 2 heterocycles. The van der Waals surface area contributed by atoms with E-state index in [-0.39, 0.29) is 11.6 Å². The molecule has 27 heavy (non-hydrogen) atoms. The summed E-state index contributed by atoms with van der Waals surface area (Å²) in [5.74, 6) is 1.51. The highest BCUT2D eigenvalue weighted by Crippen LogP contribution is 2.30. The average Bonchev–Trinajstić information content (AvgIpc) is 2.68. The molecule has 1 unspecified atom stereocenters. The zero-order valence-corrected chi connectivity index (χ0v) is 15.7. The summed E-state index contributed by atoms with van der Waals surface area (Å²) in [4.78, 5) is 19.8. The minimum Gasteiger partial charge on any atom is -0.496 e. The number of para-hydroxylation sites is 1. The molecule has 1 aliphatic rings. The first-order valence-corrected chi connectivity index (χ1v) is 9.28. The Kier molecular flexibility index (Phi) is 4.97. The van der Waals surface area contributed by atoms with Crippen LogP contribution in [0.3, 0.4) is 0 Å². The lowest BCUT2D eigenvalue weighted by Gasteiger charge is -2.23. The third-order valence-corrected chi connectivity index (χ3v) is 5.02. The summed E-state index contributed by atoms with van der Waals surface area (Å²) < 4.78 is 5.49. The van der Waals surface area contributed by atoms with E-state index in [9.17, 15) is 4.79 Å². The van der Waals surface area contributed by atoms with Crippen molar-refractivity contribution in [1.29, 1.82) is 0 Å². The molecule has 0 amide bonds. The van der Waals surface area contributed by atoms with E-state index < -0.39 is 0 Å². The normalized spacial score (nSPS) is 17.0. The first kappa shape index (κ1) is 17.8. The second kappa shape index (κ2) is 7.55. The summed E-state index contributed by atoms with van der Waals surface area (Å²) in [6.45, 7) is 0.859. The summed E-state index contributed by atoms with van der Waals surface area (Å²) in [7, 11) is 1.69.